The number of carbonyl (C=O) groups is 2. The molecule has 0 saturated heterocycles. The Kier molecular flexibility index (Phi) is 15.5. The second kappa shape index (κ2) is 17.6. The molecule has 0 aliphatic carbocycles. The fourth-order valence-corrected chi connectivity index (χ4v) is 4.46. The molecule has 0 bridgehead atoms. The molecule has 1 atom stereocenters. The van der Waals surface area contributed by atoms with E-state index in [1.54, 1.807) is 13.1 Å². The average molecular weight is 552 g/mol. The molecule has 0 radical (unpaired) electrons. The van der Waals surface area contributed by atoms with Gasteiger partial charge in [0.2, 0.25) is 0 Å². The normalized spacial score (nSPS) is 14.2. The quantitative estimate of drug-likeness (QED) is 0.0634. The van der Waals surface area contributed by atoms with E-state index in [9.17, 15) is 14.7 Å². The molecule has 0 amide bonds. The third-order valence-electron chi connectivity index (χ3n) is 7.62. The number of rotatable bonds is 17. The molecule has 0 heterocycles. The van der Waals surface area contributed by atoms with Gasteiger partial charge in [-0.1, -0.05) is 79.0 Å². The smallest absolute Gasteiger partial charge is 0.339 e. The maximum atomic E-state index is 12.8. The van der Waals surface area contributed by atoms with Crippen molar-refractivity contribution in [2.45, 2.75) is 93.9 Å². The molecule has 40 heavy (non-hydrogen) atoms. The molecule has 1 rings (SSSR count). The minimum atomic E-state index is -1.22. The summed E-state index contributed by atoms with van der Waals surface area (Å²) in [7, 11) is 0. The first kappa shape index (κ1) is 35.0. The number of carboxylic acids is 1. The molecule has 0 aromatic heterocycles. The lowest BCUT2D eigenvalue weighted by atomic mass is 9.76. The Bertz CT molecular complexity index is 1100. The van der Waals surface area contributed by atoms with Crippen LogP contribution in [0.3, 0.4) is 0 Å². The molecule has 1 aromatic rings. The number of aliphatic carboxylic acids is 1. The highest BCUT2D eigenvalue weighted by Gasteiger charge is 2.23. The first-order chi connectivity index (χ1) is 18.9. The summed E-state index contributed by atoms with van der Waals surface area (Å²) >= 11 is 0. The van der Waals surface area contributed by atoms with E-state index in [4.69, 9.17) is 5.73 Å². The van der Waals surface area contributed by atoms with Gasteiger partial charge in [-0.05, 0) is 84.9 Å². The molecule has 0 fully saturated rings. The molecule has 6 nitrogen and oxygen atoms in total. The first-order valence-electron chi connectivity index (χ1n) is 14.8. The van der Waals surface area contributed by atoms with Crippen LogP contribution in [0, 0.1) is 11.3 Å². The molecule has 222 valence electrons. The van der Waals surface area contributed by atoms with Crippen LogP contribution in [0.2, 0.25) is 0 Å². The number of ketones is 1. The second-order valence-corrected chi connectivity index (χ2v) is 11.7. The van der Waals surface area contributed by atoms with Gasteiger partial charge in [0.15, 0.2) is 5.78 Å². The molecule has 0 saturated carbocycles. The van der Waals surface area contributed by atoms with Crippen molar-refractivity contribution in [3.63, 3.8) is 0 Å². The number of hydrogen-bond acceptors (Lipinski definition) is 5. The zero-order chi connectivity index (χ0) is 30.3. The Labute approximate surface area is 242 Å². The van der Waals surface area contributed by atoms with Crippen LogP contribution in [-0.2, 0) is 22.4 Å². The van der Waals surface area contributed by atoms with E-state index >= 15 is 0 Å². The lowest BCUT2D eigenvalue weighted by molar-refractivity contribution is -0.134. The van der Waals surface area contributed by atoms with Crippen LogP contribution in [0.4, 0.5) is 0 Å². The van der Waals surface area contributed by atoms with Gasteiger partial charge in [-0.2, -0.15) is 0 Å². The van der Waals surface area contributed by atoms with Crippen LogP contribution in [0.15, 0.2) is 41.1 Å². The van der Waals surface area contributed by atoms with Gasteiger partial charge in [0.1, 0.15) is 5.57 Å². The number of unbranched alkanes of at least 4 members (excludes halogenated alkanes) is 3. The van der Waals surface area contributed by atoms with Gasteiger partial charge in [0.05, 0.1) is 6.54 Å². The van der Waals surface area contributed by atoms with E-state index in [0.29, 0.717) is 12.5 Å². The second-order valence-electron chi connectivity index (χ2n) is 11.7. The predicted octanol–water partition coefficient (Wildman–Crippen LogP) is 7.02. The predicted molar refractivity (Wildman–Crippen MR) is 171 cm³/mol. The van der Waals surface area contributed by atoms with Gasteiger partial charge >= 0.3 is 5.97 Å². The fourth-order valence-electron chi connectivity index (χ4n) is 4.46. The number of nitrogens with zero attached hydrogens (tertiary/aromatic N) is 1. The summed E-state index contributed by atoms with van der Waals surface area (Å²) in [6, 6.07) is 4.31. The van der Waals surface area contributed by atoms with Crippen molar-refractivity contribution in [2.24, 2.45) is 22.1 Å². The zero-order valence-electron chi connectivity index (χ0n) is 26.2. The Hall–Kier alpha value is -2.99. The highest BCUT2D eigenvalue weighted by molar-refractivity contribution is 6.22. The minimum absolute atomic E-state index is 0.0905. The van der Waals surface area contributed by atoms with Gasteiger partial charge in [-0.25, -0.2) is 4.79 Å². The lowest BCUT2D eigenvalue weighted by Gasteiger charge is -2.29. The molecular weight excluding hydrogens is 498 g/mol. The standard InChI is InChI=1S/C34H53N3O3/c1-9-12-13-14-15-36-16-17-37-23-28(22-35)31-21-27(19-25(5)34(6,7)8)30(20-26(31)10-2)24(4)18-32(38)29(11-3)33(39)40/h11,18,20-23,25,36H,9-10,12-17,19,35H2,1-8H3,(H,39,40)/b24-18+,28-22?,29-11+,37-23?. The van der Waals surface area contributed by atoms with Crippen LogP contribution in [-0.4, -0.2) is 42.7 Å². The molecule has 0 spiro atoms. The lowest BCUT2D eigenvalue weighted by Crippen LogP contribution is -2.20. The summed E-state index contributed by atoms with van der Waals surface area (Å²) in [5.41, 5.74) is 11.8. The summed E-state index contributed by atoms with van der Waals surface area (Å²) in [4.78, 5) is 28.9. The molecular formula is C34H53N3O3. The van der Waals surface area contributed by atoms with E-state index in [2.05, 4.69) is 64.0 Å². The largest absolute Gasteiger partial charge is 0.478 e. The summed E-state index contributed by atoms with van der Waals surface area (Å²) in [6.45, 7) is 19.2. The van der Waals surface area contributed by atoms with Crippen LogP contribution in [0.25, 0.3) is 11.1 Å². The molecule has 1 unspecified atom stereocenters. The van der Waals surface area contributed by atoms with Gasteiger partial charge in [0.25, 0.3) is 0 Å². The van der Waals surface area contributed by atoms with Crippen LogP contribution in [0.1, 0.15) is 103 Å². The topological polar surface area (TPSA) is 105 Å². The summed E-state index contributed by atoms with van der Waals surface area (Å²) in [5.74, 6) is -1.35. The number of benzene rings is 1. The number of hydrogen-bond donors (Lipinski definition) is 3. The monoisotopic (exact) mass is 551 g/mol. The number of aryl methyl sites for hydroxylation is 1. The van der Waals surface area contributed by atoms with Gasteiger partial charge in [0, 0.05) is 24.5 Å². The van der Waals surface area contributed by atoms with Crippen molar-refractivity contribution >= 4 is 29.1 Å². The summed E-state index contributed by atoms with van der Waals surface area (Å²) in [5, 5.41) is 12.9. The maximum Gasteiger partial charge on any atom is 0.339 e. The molecule has 0 aliphatic heterocycles. The third-order valence-corrected chi connectivity index (χ3v) is 7.62. The number of aliphatic imine (C=N–C) groups is 1. The van der Waals surface area contributed by atoms with Crippen molar-refractivity contribution in [1.82, 2.24) is 5.32 Å². The van der Waals surface area contributed by atoms with Crippen molar-refractivity contribution in [3.05, 3.63) is 58.3 Å². The van der Waals surface area contributed by atoms with Crippen molar-refractivity contribution in [2.75, 3.05) is 19.6 Å². The summed E-state index contributed by atoms with van der Waals surface area (Å²) in [6.07, 6.45) is 12.8. The Morgan fingerprint density at radius 2 is 1.75 bits per heavy atom. The number of nitrogens with two attached hydrogens (primary N) is 1. The van der Waals surface area contributed by atoms with Gasteiger partial charge in [-0.15, -0.1) is 0 Å². The van der Waals surface area contributed by atoms with E-state index in [1.807, 2.05) is 13.1 Å². The van der Waals surface area contributed by atoms with Crippen LogP contribution in [0.5, 0.6) is 0 Å². The number of nitrogens with one attached hydrogen (secondary N) is 1. The van der Waals surface area contributed by atoms with Crippen LogP contribution >= 0.6 is 0 Å². The first-order valence-corrected chi connectivity index (χ1v) is 14.8. The average Bonchev–Trinajstić information content (AvgIpc) is 2.89. The van der Waals surface area contributed by atoms with E-state index < -0.39 is 11.8 Å². The van der Waals surface area contributed by atoms with Gasteiger partial charge < -0.3 is 16.2 Å². The molecule has 6 heteroatoms. The van der Waals surface area contributed by atoms with Crippen molar-refractivity contribution < 1.29 is 14.7 Å². The van der Waals surface area contributed by atoms with E-state index in [-0.39, 0.29) is 11.0 Å². The minimum Gasteiger partial charge on any atom is -0.478 e. The van der Waals surface area contributed by atoms with Crippen LogP contribution < -0.4 is 11.1 Å². The van der Waals surface area contributed by atoms with E-state index in [0.717, 1.165) is 59.3 Å². The third kappa shape index (κ3) is 11.2. The Morgan fingerprint density at radius 1 is 1.07 bits per heavy atom. The van der Waals surface area contributed by atoms with Crippen molar-refractivity contribution in [3.8, 4) is 0 Å². The summed E-state index contributed by atoms with van der Waals surface area (Å²) < 4.78 is 0. The van der Waals surface area contributed by atoms with Gasteiger partial charge in [-0.3, -0.25) is 9.79 Å². The Balaban J connectivity index is 3.39. The highest BCUT2D eigenvalue weighted by atomic mass is 16.4. The number of carboxylic acid groups (broad SMARTS) is 1. The van der Waals surface area contributed by atoms with E-state index in [1.165, 1.54) is 37.8 Å². The fraction of sp³-hybridized carbons (Fsp3) is 0.559. The number of carbonyl (C=O) groups excluding carboxylic acids is 1. The Morgan fingerprint density at radius 3 is 2.30 bits per heavy atom. The molecule has 1 aromatic carbocycles. The number of allylic oxidation sites excluding steroid dienone is 4. The zero-order valence-corrected chi connectivity index (χ0v) is 26.2. The maximum absolute atomic E-state index is 12.8. The molecule has 0 aliphatic rings. The molecule has 4 N–H and O–H groups in total. The SMILES string of the molecule is C/C=C(/C(=O)O)C(=O)/C=C(\C)c1cc(CC)c(C(C=NCCNCCCCCC)=CN)cc1CC(C)C(C)(C)C. The highest BCUT2D eigenvalue weighted by Crippen LogP contribution is 2.34. The van der Waals surface area contributed by atoms with Crippen molar-refractivity contribution in [1.29, 1.82) is 0 Å².